The van der Waals surface area contributed by atoms with E-state index in [1.54, 1.807) is 7.11 Å². The summed E-state index contributed by atoms with van der Waals surface area (Å²) in [5, 5.41) is 4.78. The summed E-state index contributed by atoms with van der Waals surface area (Å²) in [4.78, 5) is 4.41. The number of aromatic nitrogens is 1. The smallest absolute Gasteiger partial charge is 0.119 e. The number of fused-ring (bicyclic) bond motifs is 1. The van der Waals surface area contributed by atoms with Gasteiger partial charge in [0.1, 0.15) is 5.75 Å². The van der Waals surface area contributed by atoms with E-state index in [2.05, 4.69) is 47.6 Å². The molecule has 0 spiro atoms. The van der Waals surface area contributed by atoms with Gasteiger partial charge in [0.25, 0.3) is 0 Å². The zero-order chi connectivity index (χ0) is 15.4. The van der Waals surface area contributed by atoms with Crippen molar-refractivity contribution in [2.24, 2.45) is 0 Å². The number of rotatable bonds is 5. The summed E-state index contributed by atoms with van der Waals surface area (Å²) >= 11 is 0. The van der Waals surface area contributed by atoms with Crippen molar-refractivity contribution in [2.75, 3.05) is 7.11 Å². The second kappa shape index (κ2) is 6.58. The van der Waals surface area contributed by atoms with Gasteiger partial charge in [-0.2, -0.15) is 0 Å². The molecule has 1 aromatic heterocycles. The Morgan fingerprint density at radius 3 is 2.82 bits per heavy atom. The minimum Gasteiger partial charge on any atom is -0.497 e. The van der Waals surface area contributed by atoms with Crippen LogP contribution in [0.2, 0.25) is 0 Å². The molecule has 2 aromatic carbocycles. The summed E-state index contributed by atoms with van der Waals surface area (Å²) in [6.45, 7) is 2.97. The maximum absolute atomic E-state index is 5.29. The van der Waals surface area contributed by atoms with E-state index in [4.69, 9.17) is 4.74 Å². The summed E-state index contributed by atoms with van der Waals surface area (Å²) in [6.07, 6.45) is 1.87. The van der Waals surface area contributed by atoms with E-state index >= 15 is 0 Å². The van der Waals surface area contributed by atoms with Crippen molar-refractivity contribution in [2.45, 2.75) is 19.5 Å². The summed E-state index contributed by atoms with van der Waals surface area (Å²) in [5.41, 5.74) is 3.52. The zero-order valence-electron chi connectivity index (χ0n) is 12.9. The molecule has 0 amide bonds. The van der Waals surface area contributed by atoms with Crippen LogP contribution in [-0.4, -0.2) is 12.1 Å². The van der Waals surface area contributed by atoms with E-state index in [9.17, 15) is 0 Å². The van der Waals surface area contributed by atoms with Crippen LogP contribution in [0.5, 0.6) is 5.75 Å². The number of nitrogens with one attached hydrogen (secondary N) is 1. The van der Waals surface area contributed by atoms with Gasteiger partial charge in [-0.15, -0.1) is 0 Å². The average Bonchev–Trinajstić information content (AvgIpc) is 2.59. The molecule has 112 valence electrons. The maximum Gasteiger partial charge on any atom is 0.119 e. The van der Waals surface area contributed by atoms with Crippen molar-refractivity contribution in [1.29, 1.82) is 0 Å². The predicted molar refractivity (Wildman–Crippen MR) is 90.0 cm³/mol. The Morgan fingerprint density at radius 1 is 1.09 bits per heavy atom. The lowest BCUT2D eigenvalue weighted by Gasteiger charge is -2.16. The molecular weight excluding hydrogens is 272 g/mol. The van der Waals surface area contributed by atoms with E-state index in [0.717, 1.165) is 17.8 Å². The molecule has 0 unspecified atom stereocenters. The van der Waals surface area contributed by atoms with Crippen LogP contribution in [0.4, 0.5) is 0 Å². The van der Waals surface area contributed by atoms with Crippen LogP contribution in [0.3, 0.4) is 0 Å². The number of pyridine rings is 1. The van der Waals surface area contributed by atoms with Crippen LogP contribution >= 0.6 is 0 Å². The van der Waals surface area contributed by atoms with Crippen molar-refractivity contribution < 1.29 is 4.74 Å². The predicted octanol–water partition coefficient (Wildman–Crippen LogP) is 4.09. The summed E-state index contributed by atoms with van der Waals surface area (Å²) in [5.74, 6) is 0.889. The molecule has 1 heterocycles. The first-order chi connectivity index (χ1) is 10.8. The topological polar surface area (TPSA) is 34.1 Å². The highest BCUT2D eigenvalue weighted by Crippen LogP contribution is 2.20. The molecule has 1 atom stereocenters. The molecule has 0 aliphatic rings. The van der Waals surface area contributed by atoms with Crippen LogP contribution in [-0.2, 0) is 6.54 Å². The van der Waals surface area contributed by atoms with Crippen LogP contribution in [0, 0.1) is 0 Å². The van der Waals surface area contributed by atoms with E-state index in [-0.39, 0.29) is 6.04 Å². The molecule has 3 heteroatoms. The lowest BCUT2D eigenvalue weighted by atomic mass is 10.1. The van der Waals surface area contributed by atoms with Gasteiger partial charge >= 0.3 is 0 Å². The lowest BCUT2D eigenvalue weighted by molar-refractivity contribution is 0.413. The number of hydrogen-bond donors (Lipinski definition) is 1. The minimum absolute atomic E-state index is 0.252. The number of ether oxygens (including phenoxy) is 1. The van der Waals surface area contributed by atoms with Gasteiger partial charge in [0.2, 0.25) is 0 Å². The Balaban J connectivity index is 1.76. The van der Waals surface area contributed by atoms with Crippen LogP contribution < -0.4 is 10.1 Å². The van der Waals surface area contributed by atoms with Crippen molar-refractivity contribution >= 4 is 10.9 Å². The second-order valence-electron chi connectivity index (χ2n) is 5.37. The van der Waals surface area contributed by atoms with Gasteiger partial charge < -0.3 is 10.1 Å². The first kappa shape index (κ1) is 14.5. The zero-order valence-corrected chi connectivity index (χ0v) is 12.9. The van der Waals surface area contributed by atoms with Crippen LogP contribution in [0.25, 0.3) is 10.9 Å². The Kier molecular flexibility index (Phi) is 4.35. The quantitative estimate of drug-likeness (QED) is 0.769. The van der Waals surface area contributed by atoms with Gasteiger partial charge in [-0.25, -0.2) is 0 Å². The first-order valence-electron chi connectivity index (χ1n) is 7.48. The highest BCUT2D eigenvalue weighted by Gasteiger charge is 2.07. The molecule has 3 nitrogen and oxygen atoms in total. The van der Waals surface area contributed by atoms with Gasteiger partial charge in [-0.3, -0.25) is 4.98 Å². The summed E-state index contributed by atoms with van der Waals surface area (Å²) in [7, 11) is 1.69. The highest BCUT2D eigenvalue weighted by molar-refractivity contribution is 5.81. The number of hydrogen-bond acceptors (Lipinski definition) is 3. The summed E-state index contributed by atoms with van der Waals surface area (Å²) < 4.78 is 5.29. The molecule has 3 aromatic rings. The van der Waals surface area contributed by atoms with Gasteiger partial charge in [-0.1, -0.05) is 30.3 Å². The minimum atomic E-state index is 0.252. The Morgan fingerprint density at radius 2 is 1.95 bits per heavy atom. The molecule has 0 fully saturated rings. The van der Waals surface area contributed by atoms with Gasteiger partial charge in [0, 0.05) is 24.2 Å². The largest absolute Gasteiger partial charge is 0.497 e. The van der Waals surface area contributed by atoms with Crippen LogP contribution in [0.1, 0.15) is 24.1 Å². The fourth-order valence-electron chi connectivity index (χ4n) is 2.60. The maximum atomic E-state index is 5.29. The third-order valence-corrected chi connectivity index (χ3v) is 3.93. The standard InChI is InChI=1S/C19H20N2O/c1-14(15-6-5-7-17(12-15)22-2)21-13-16-10-11-20-19-9-4-3-8-18(16)19/h3-12,14,21H,13H2,1-2H3/t14-/m1/s1. The Hall–Kier alpha value is -2.39. The fraction of sp³-hybridized carbons (Fsp3) is 0.211. The van der Waals surface area contributed by atoms with Crippen molar-refractivity contribution in [3.8, 4) is 5.75 Å². The third kappa shape index (κ3) is 3.10. The van der Waals surface area contributed by atoms with Gasteiger partial charge in [0.05, 0.1) is 12.6 Å². The molecule has 0 saturated heterocycles. The number of methoxy groups -OCH3 is 1. The van der Waals surface area contributed by atoms with Crippen molar-refractivity contribution in [1.82, 2.24) is 10.3 Å². The summed E-state index contributed by atoms with van der Waals surface area (Å²) in [6, 6.07) is 18.7. The van der Waals surface area contributed by atoms with E-state index in [1.165, 1.54) is 16.5 Å². The van der Waals surface area contributed by atoms with Gasteiger partial charge in [-0.05, 0) is 42.3 Å². The Labute approximate surface area is 131 Å². The molecule has 3 rings (SSSR count). The van der Waals surface area contributed by atoms with E-state index in [0.29, 0.717) is 0 Å². The third-order valence-electron chi connectivity index (χ3n) is 3.93. The normalized spacial score (nSPS) is 12.3. The number of nitrogens with zero attached hydrogens (tertiary/aromatic N) is 1. The average molecular weight is 292 g/mol. The number of para-hydroxylation sites is 1. The van der Waals surface area contributed by atoms with E-state index < -0.39 is 0 Å². The first-order valence-corrected chi connectivity index (χ1v) is 7.48. The molecular formula is C19H20N2O. The van der Waals surface area contributed by atoms with E-state index in [1.807, 2.05) is 30.5 Å². The molecule has 22 heavy (non-hydrogen) atoms. The lowest BCUT2D eigenvalue weighted by Crippen LogP contribution is -2.18. The van der Waals surface area contributed by atoms with Crippen LogP contribution in [0.15, 0.2) is 60.8 Å². The fourth-order valence-corrected chi connectivity index (χ4v) is 2.60. The van der Waals surface area contributed by atoms with Crippen molar-refractivity contribution in [3.05, 3.63) is 71.9 Å². The number of benzene rings is 2. The molecule has 0 bridgehead atoms. The highest BCUT2D eigenvalue weighted by atomic mass is 16.5. The molecule has 0 aliphatic heterocycles. The molecule has 0 aliphatic carbocycles. The molecule has 0 saturated carbocycles. The molecule has 0 radical (unpaired) electrons. The second-order valence-corrected chi connectivity index (χ2v) is 5.37. The van der Waals surface area contributed by atoms with Crippen molar-refractivity contribution in [3.63, 3.8) is 0 Å². The monoisotopic (exact) mass is 292 g/mol. The van der Waals surface area contributed by atoms with Gasteiger partial charge in [0.15, 0.2) is 0 Å². The molecule has 1 N–H and O–H groups in total. The SMILES string of the molecule is COc1cccc([C@@H](C)NCc2ccnc3ccccc23)c1. The Bertz CT molecular complexity index is 765.